The van der Waals surface area contributed by atoms with Crippen molar-refractivity contribution in [2.75, 3.05) is 33.7 Å². The number of hydrogen-bond acceptors (Lipinski definition) is 4. The van der Waals surface area contributed by atoms with E-state index in [0.717, 1.165) is 19.6 Å². The molecule has 0 aromatic heterocycles. The van der Waals surface area contributed by atoms with E-state index in [1.165, 1.54) is 19.9 Å². The Balaban J connectivity index is 2.37. The number of hydrogen-bond donors (Lipinski definition) is 3. The van der Waals surface area contributed by atoms with Crippen molar-refractivity contribution in [1.29, 1.82) is 0 Å². The van der Waals surface area contributed by atoms with Gasteiger partial charge in [0.05, 0.1) is 6.04 Å². The van der Waals surface area contributed by atoms with Crippen molar-refractivity contribution >= 4 is 11.9 Å². The molecule has 6 heteroatoms. The fourth-order valence-corrected chi connectivity index (χ4v) is 2.12. The van der Waals surface area contributed by atoms with E-state index in [4.69, 9.17) is 0 Å². The van der Waals surface area contributed by atoms with Gasteiger partial charge in [-0.2, -0.15) is 0 Å². The molecule has 18 heavy (non-hydrogen) atoms. The first-order valence-corrected chi connectivity index (χ1v) is 6.48. The number of carbonyl (C=O) groups excluding carboxylic acids is 2. The Morgan fingerprint density at radius 3 is 2.78 bits per heavy atom. The molecule has 0 aliphatic carbocycles. The highest BCUT2D eigenvalue weighted by atomic mass is 16.2. The van der Waals surface area contributed by atoms with Crippen LogP contribution in [0.1, 0.15) is 19.8 Å². The number of amides is 3. The Morgan fingerprint density at radius 2 is 2.22 bits per heavy atom. The lowest BCUT2D eigenvalue weighted by Crippen LogP contribution is -2.49. The molecule has 0 spiro atoms. The fraction of sp³-hybridized carbons (Fsp3) is 0.833. The molecule has 1 heterocycles. The summed E-state index contributed by atoms with van der Waals surface area (Å²) in [5.41, 5.74) is 0. The van der Waals surface area contributed by atoms with Gasteiger partial charge in [0.15, 0.2) is 0 Å². The molecule has 0 aromatic carbocycles. The molecule has 0 saturated carbocycles. The highest BCUT2D eigenvalue weighted by Gasteiger charge is 2.23. The molecular formula is C12H24N4O2. The highest BCUT2D eigenvalue weighted by molar-refractivity contribution is 5.96. The normalized spacial score (nSPS) is 21.4. The third-order valence-electron chi connectivity index (χ3n) is 3.45. The summed E-state index contributed by atoms with van der Waals surface area (Å²) in [4.78, 5) is 24.8. The average molecular weight is 256 g/mol. The summed E-state index contributed by atoms with van der Waals surface area (Å²) < 4.78 is 0. The Morgan fingerprint density at radius 1 is 1.50 bits per heavy atom. The van der Waals surface area contributed by atoms with Crippen molar-refractivity contribution < 1.29 is 9.59 Å². The van der Waals surface area contributed by atoms with Gasteiger partial charge in [0.2, 0.25) is 5.91 Å². The van der Waals surface area contributed by atoms with E-state index < -0.39 is 6.03 Å². The van der Waals surface area contributed by atoms with Crippen LogP contribution in [0.5, 0.6) is 0 Å². The van der Waals surface area contributed by atoms with E-state index in [2.05, 4.69) is 16.0 Å². The molecule has 3 amide bonds. The van der Waals surface area contributed by atoms with Crippen LogP contribution in [0.4, 0.5) is 4.79 Å². The van der Waals surface area contributed by atoms with Crippen LogP contribution < -0.4 is 16.0 Å². The number of rotatable bonds is 4. The molecule has 1 saturated heterocycles. The van der Waals surface area contributed by atoms with Crippen LogP contribution in [0.15, 0.2) is 0 Å². The smallest absolute Gasteiger partial charge is 0.321 e. The summed E-state index contributed by atoms with van der Waals surface area (Å²) in [6, 6.07) is -0.760. The first kappa shape index (κ1) is 14.9. The highest BCUT2D eigenvalue weighted by Crippen LogP contribution is 2.12. The fourth-order valence-electron chi connectivity index (χ4n) is 2.12. The lowest BCUT2D eigenvalue weighted by molar-refractivity contribution is -0.124. The van der Waals surface area contributed by atoms with Crippen LogP contribution in [0.25, 0.3) is 0 Å². The van der Waals surface area contributed by atoms with E-state index in [9.17, 15) is 9.59 Å². The van der Waals surface area contributed by atoms with Gasteiger partial charge in [0, 0.05) is 13.6 Å². The molecule has 1 aliphatic rings. The van der Waals surface area contributed by atoms with Gasteiger partial charge in [0.1, 0.15) is 0 Å². The van der Waals surface area contributed by atoms with Crippen LogP contribution in [-0.4, -0.2) is 56.6 Å². The van der Waals surface area contributed by atoms with E-state index in [-0.39, 0.29) is 11.9 Å². The van der Waals surface area contributed by atoms with Gasteiger partial charge in [-0.05, 0) is 45.8 Å². The third kappa shape index (κ3) is 4.62. The maximum Gasteiger partial charge on any atom is 0.321 e. The lowest BCUT2D eigenvalue weighted by Gasteiger charge is -2.30. The third-order valence-corrected chi connectivity index (χ3v) is 3.45. The molecule has 2 atom stereocenters. The van der Waals surface area contributed by atoms with Crippen LogP contribution in [-0.2, 0) is 4.79 Å². The Labute approximate surface area is 108 Å². The molecule has 0 aromatic rings. The van der Waals surface area contributed by atoms with E-state index in [1.807, 2.05) is 18.9 Å². The molecule has 0 radical (unpaired) electrons. The van der Waals surface area contributed by atoms with Crippen molar-refractivity contribution in [3.63, 3.8) is 0 Å². The average Bonchev–Trinajstić information content (AvgIpc) is 2.38. The molecule has 0 bridgehead atoms. The van der Waals surface area contributed by atoms with Gasteiger partial charge >= 0.3 is 6.03 Å². The Bertz CT molecular complexity index is 290. The monoisotopic (exact) mass is 256 g/mol. The van der Waals surface area contributed by atoms with Crippen molar-refractivity contribution in [1.82, 2.24) is 20.9 Å². The molecule has 3 N–H and O–H groups in total. The van der Waals surface area contributed by atoms with Crippen molar-refractivity contribution in [3.8, 4) is 0 Å². The number of piperidine rings is 1. The first-order valence-electron chi connectivity index (χ1n) is 6.48. The summed E-state index contributed by atoms with van der Waals surface area (Å²) in [6.07, 6.45) is 2.39. The second kappa shape index (κ2) is 7.33. The zero-order valence-electron chi connectivity index (χ0n) is 11.5. The van der Waals surface area contributed by atoms with E-state index >= 15 is 0 Å². The van der Waals surface area contributed by atoms with Crippen LogP contribution >= 0.6 is 0 Å². The largest absolute Gasteiger partial charge is 0.341 e. The summed E-state index contributed by atoms with van der Waals surface area (Å²) >= 11 is 0. The van der Waals surface area contributed by atoms with Gasteiger partial charge in [-0.3, -0.25) is 15.0 Å². The molecular weight excluding hydrogens is 232 g/mol. The van der Waals surface area contributed by atoms with Gasteiger partial charge in [-0.1, -0.05) is 0 Å². The van der Waals surface area contributed by atoms with Gasteiger partial charge < -0.3 is 10.6 Å². The Kier molecular flexibility index (Phi) is 6.07. The van der Waals surface area contributed by atoms with Crippen molar-refractivity contribution in [3.05, 3.63) is 0 Å². The standard InChI is InChI=1S/C12H24N4O2/c1-9(11(17)15-12(18)13-2)16(3)8-10-5-4-6-14-7-10/h9-10,14H,4-8H2,1-3H3,(H2,13,15,17,18). The summed E-state index contributed by atoms with van der Waals surface area (Å²) in [5, 5.41) is 8.03. The zero-order chi connectivity index (χ0) is 13.5. The lowest BCUT2D eigenvalue weighted by atomic mass is 9.99. The number of urea groups is 1. The van der Waals surface area contributed by atoms with Gasteiger partial charge in [-0.25, -0.2) is 4.79 Å². The number of imide groups is 1. The van der Waals surface area contributed by atoms with E-state index in [0.29, 0.717) is 5.92 Å². The summed E-state index contributed by atoms with van der Waals surface area (Å²) in [6.45, 7) is 4.78. The molecule has 1 rings (SSSR count). The van der Waals surface area contributed by atoms with Crippen LogP contribution in [0.2, 0.25) is 0 Å². The minimum atomic E-state index is -0.459. The predicted molar refractivity (Wildman–Crippen MR) is 70.3 cm³/mol. The van der Waals surface area contributed by atoms with Crippen molar-refractivity contribution in [2.45, 2.75) is 25.8 Å². The maximum atomic E-state index is 11.8. The summed E-state index contributed by atoms with van der Waals surface area (Å²) in [5.74, 6) is 0.319. The second-order valence-electron chi connectivity index (χ2n) is 4.90. The first-order chi connectivity index (χ1) is 8.54. The van der Waals surface area contributed by atoms with Crippen LogP contribution in [0, 0.1) is 5.92 Å². The molecule has 104 valence electrons. The minimum Gasteiger partial charge on any atom is -0.341 e. The quantitative estimate of drug-likeness (QED) is 0.649. The van der Waals surface area contributed by atoms with Gasteiger partial charge in [0.25, 0.3) is 0 Å². The van der Waals surface area contributed by atoms with Gasteiger partial charge in [-0.15, -0.1) is 0 Å². The van der Waals surface area contributed by atoms with Crippen LogP contribution in [0.3, 0.4) is 0 Å². The molecule has 2 unspecified atom stereocenters. The number of nitrogens with one attached hydrogen (secondary N) is 3. The minimum absolute atomic E-state index is 0.263. The Hall–Kier alpha value is -1.14. The molecule has 6 nitrogen and oxygen atoms in total. The van der Waals surface area contributed by atoms with Crippen molar-refractivity contribution in [2.24, 2.45) is 5.92 Å². The number of nitrogens with zero attached hydrogens (tertiary/aromatic N) is 1. The SMILES string of the molecule is CNC(=O)NC(=O)C(C)N(C)CC1CCCNC1. The number of carbonyl (C=O) groups is 2. The second-order valence-corrected chi connectivity index (χ2v) is 4.90. The topological polar surface area (TPSA) is 73.5 Å². The zero-order valence-corrected chi connectivity index (χ0v) is 11.5. The predicted octanol–water partition coefficient (Wildman–Crippen LogP) is -0.238. The number of likely N-dealkylation sites (N-methyl/N-ethyl adjacent to an activating group) is 1. The maximum absolute atomic E-state index is 11.8. The summed E-state index contributed by atoms with van der Waals surface area (Å²) in [7, 11) is 3.41. The molecule has 1 fully saturated rings. The molecule has 1 aliphatic heterocycles. The van der Waals surface area contributed by atoms with E-state index in [1.54, 1.807) is 0 Å².